The molecule has 3 aromatic heterocycles. The molecule has 0 unspecified atom stereocenters. The van der Waals surface area contributed by atoms with Gasteiger partial charge in [0.15, 0.2) is 0 Å². The molecule has 0 saturated carbocycles. The lowest BCUT2D eigenvalue weighted by atomic mass is 10.4. The monoisotopic (exact) mass is 198 g/mol. The Hall–Kier alpha value is -0.380. The third-order valence-electron chi connectivity index (χ3n) is 1.64. The summed E-state index contributed by atoms with van der Waals surface area (Å²) in [5.74, 6) is 0. The van der Waals surface area contributed by atoms with Gasteiger partial charge >= 0.3 is 0 Å². The van der Waals surface area contributed by atoms with Gasteiger partial charge in [0.2, 0.25) is 0 Å². The maximum absolute atomic E-state index is 7.64. The average Bonchev–Trinajstić information content (AvgIpc) is 2.63. The fourth-order valence-corrected chi connectivity index (χ4v) is 4.41. The van der Waals surface area contributed by atoms with E-state index in [9.17, 15) is 0 Å². The van der Waals surface area contributed by atoms with Crippen molar-refractivity contribution in [2.45, 2.75) is 0 Å². The van der Waals surface area contributed by atoms with Crippen LogP contribution in [0.2, 0.25) is 0 Å². The van der Waals surface area contributed by atoms with Gasteiger partial charge in [0.1, 0.15) is 0 Å². The first-order chi connectivity index (χ1) is 5.86. The molecule has 0 radical (unpaired) electrons. The van der Waals surface area contributed by atoms with Crippen molar-refractivity contribution in [2.24, 2.45) is 0 Å². The Kier molecular flexibility index (Phi) is 0.993. The molecule has 0 N–H and O–H groups in total. The molecule has 0 spiro atoms. The largest absolute Gasteiger partial charge is 0.142 e. The SMILES string of the molecule is [3H]c1csc2c1sc1sccc12. The summed E-state index contributed by atoms with van der Waals surface area (Å²) < 4.78 is 11.4. The molecule has 0 aliphatic rings. The van der Waals surface area contributed by atoms with Crippen LogP contribution in [0, 0.1) is 0 Å². The van der Waals surface area contributed by atoms with Gasteiger partial charge in [-0.25, -0.2) is 0 Å². The van der Waals surface area contributed by atoms with E-state index in [0.717, 1.165) is 4.70 Å². The highest BCUT2D eigenvalue weighted by Gasteiger charge is 2.05. The predicted octanol–water partition coefficient (Wildman–Crippen LogP) is 4.18. The van der Waals surface area contributed by atoms with Crippen molar-refractivity contribution in [1.29, 1.82) is 0 Å². The zero-order valence-corrected chi connectivity index (χ0v) is 7.91. The summed E-state index contributed by atoms with van der Waals surface area (Å²) in [5.41, 5.74) is 0. The van der Waals surface area contributed by atoms with Gasteiger partial charge in [-0.1, -0.05) is 0 Å². The lowest BCUT2D eigenvalue weighted by Gasteiger charge is -1.71. The zero-order chi connectivity index (χ0) is 8.13. The van der Waals surface area contributed by atoms with Crippen LogP contribution in [0.5, 0.6) is 0 Å². The number of thiophene rings is 3. The lowest BCUT2D eigenvalue weighted by Crippen LogP contribution is -1.43. The maximum Gasteiger partial charge on any atom is 0.0885 e. The van der Waals surface area contributed by atoms with Crippen molar-refractivity contribution in [3.05, 3.63) is 22.9 Å². The predicted molar refractivity (Wildman–Crippen MR) is 55.1 cm³/mol. The highest BCUT2D eigenvalue weighted by Crippen LogP contribution is 2.39. The van der Waals surface area contributed by atoms with Crippen molar-refractivity contribution in [3.63, 3.8) is 0 Å². The summed E-state index contributed by atoms with van der Waals surface area (Å²) >= 11 is 5.20. The van der Waals surface area contributed by atoms with Crippen molar-refractivity contribution >= 4 is 52.8 Å². The molecule has 0 nitrogen and oxygen atoms in total. The molecule has 0 aliphatic carbocycles. The molecular weight excluding hydrogens is 192 g/mol. The van der Waals surface area contributed by atoms with Crippen LogP contribution in [0.15, 0.2) is 22.9 Å². The summed E-state index contributed by atoms with van der Waals surface area (Å²) in [6.07, 6.45) is 0. The van der Waals surface area contributed by atoms with E-state index in [1.165, 1.54) is 14.1 Å². The molecule has 3 aromatic rings. The van der Waals surface area contributed by atoms with Crippen LogP contribution >= 0.6 is 34.0 Å². The molecule has 3 heterocycles. The van der Waals surface area contributed by atoms with Crippen molar-refractivity contribution in [3.8, 4) is 0 Å². The number of hydrogen-bond acceptors (Lipinski definition) is 3. The number of rotatable bonds is 0. The minimum absolute atomic E-state index is 0.684. The highest BCUT2D eigenvalue weighted by molar-refractivity contribution is 7.43. The summed E-state index contributed by atoms with van der Waals surface area (Å²) in [5, 5.41) is 5.37. The molecule has 0 fully saturated rings. The van der Waals surface area contributed by atoms with Gasteiger partial charge < -0.3 is 0 Å². The van der Waals surface area contributed by atoms with Gasteiger partial charge in [-0.05, 0) is 22.9 Å². The van der Waals surface area contributed by atoms with E-state index in [0.29, 0.717) is 6.04 Å². The van der Waals surface area contributed by atoms with Gasteiger partial charge in [0, 0.05) is 10.1 Å². The van der Waals surface area contributed by atoms with Gasteiger partial charge in [0.05, 0.1) is 10.1 Å². The Balaban J connectivity index is 2.68. The van der Waals surface area contributed by atoms with Crippen molar-refractivity contribution < 1.29 is 1.37 Å². The summed E-state index contributed by atoms with van der Waals surface area (Å²) in [6, 6.07) is 2.83. The van der Waals surface area contributed by atoms with E-state index in [-0.39, 0.29) is 0 Å². The van der Waals surface area contributed by atoms with Crippen molar-refractivity contribution in [1.82, 2.24) is 0 Å². The van der Waals surface area contributed by atoms with Gasteiger partial charge in [0.25, 0.3) is 0 Å². The van der Waals surface area contributed by atoms with Gasteiger partial charge in [-0.2, -0.15) is 0 Å². The zero-order valence-electron chi connectivity index (χ0n) is 6.46. The fraction of sp³-hybridized carbons (Fsp3) is 0. The average molecular weight is 198 g/mol. The Labute approximate surface area is 77.1 Å². The van der Waals surface area contributed by atoms with E-state index >= 15 is 0 Å². The Bertz CT molecular complexity index is 543. The second-order valence-corrected chi connectivity index (χ2v) is 5.34. The van der Waals surface area contributed by atoms with Gasteiger partial charge in [-0.3, -0.25) is 0 Å². The molecule has 3 rings (SSSR count). The van der Waals surface area contributed by atoms with Gasteiger partial charge in [-0.15, -0.1) is 34.0 Å². The highest BCUT2D eigenvalue weighted by atomic mass is 32.2. The summed E-state index contributed by atoms with van der Waals surface area (Å²) in [7, 11) is 0. The fourth-order valence-electron chi connectivity index (χ4n) is 1.16. The second-order valence-electron chi connectivity index (χ2n) is 2.26. The molecule has 0 saturated heterocycles. The summed E-state index contributed by atoms with van der Waals surface area (Å²) in [4.78, 5) is 0. The molecule has 0 atom stereocenters. The second kappa shape index (κ2) is 2.06. The van der Waals surface area contributed by atoms with E-state index < -0.39 is 0 Å². The van der Waals surface area contributed by atoms with Crippen molar-refractivity contribution in [2.75, 3.05) is 0 Å². The first-order valence-electron chi connectivity index (χ1n) is 3.70. The quantitative estimate of drug-likeness (QED) is 0.508. The summed E-state index contributed by atoms with van der Waals surface area (Å²) in [6.45, 7) is 0. The van der Waals surface area contributed by atoms with Crippen LogP contribution in [0.25, 0.3) is 18.8 Å². The third kappa shape index (κ3) is 0.732. The molecule has 54 valence electrons. The normalized spacial score (nSPS) is 12.9. The molecule has 0 aromatic carbocycles. The maximum atomic E-state index is 7.64. The Morgan fingerprint density at radius 1 is 1.27 bits per heavy atom. The standard InChI is InChI=1S/C8H4S3/c1-3-10-8-5(1)7-6(11-8)2-4-9-7/h1-4H/i2T. The minimum atomic E-state index is 0.684. The molecule has 0 aliphatic heterocycles. The van der Waals surface area contributed by atoms with E-state index in [1.54, 1.807) is 34.0 Å². The van der Waals surface area contributed by atoms with E-state index in [4.69, 9.17) is 1.37 Å². The number of hydrogen-bond donors (Lipinski definition) is 0. The van der Waals surface area contributed by atoms with Crippen LogP contribution < -0.4 is 0 Å². The van der Waals surface area contributed by atoms with Crippen LogP contribution in [0.1, 0.15) is 1.37 Å². The molecule has 0 amide bonds. The van der Waals surface area contributed by atoms with Crippen LogP contribution in [-0.4, -0.2) is 0 Å². The molecule has 3 heteroatoms. The van der Waals surface area contributed by atoms with Crippen LogP contribution in [0.3, 0.4) is 0 Å². The minimum Gasteiger partial charge on any atom is -0.142 e. The first kappa shape index (κ1) is 5.30. The Morgan fingerprint density at radius 3 is 3.27 bits per heavy atom. The molecular formula is C8H4S3. The van der Waals surface area contributed by atoms with Crippen LogP contribution in [-0.2, 0) is 0 Å². The number of fused-ring (bicyclic) bond motifs is 3. The van der Waals surface area contributed by atoms with E-state index in [2.05, 4.69) is 11.4 Å². The lowest BCUT2D eigenvalue weighted by molar-refractivity contribution is 2.22. The Morgan fingerprint density at radius 2 is 2.27 bits per heavy atom. The third-order valence-corrected chi connectivity index (χ3v) is 4.84. The topological polar surface area (TPSA) is 0 Å². The first-order valence-corrected chi connectivity index (χ1v) is 5.77. The smallest absolute Gasteiger partial charge is 0.0885 e. The van der Waals surface area contributed by atoms with Crippen LogP contribution in [0.4, 0.5) is 0 Å². The molecule has 0 bridgehead atoms. The van der Waals surface area contributed by atoms with E-state index in [1.807, 2.05) is 5.38 Å². The molecule has 11 heavy (non-hydrogen) atoms.